The van der Waals surface area contributed by atoms with Crippen LogP contribution in [-0.4, -0.2) is 51.8 Å². The van der Waals surface area contributed by atoms with Crippen molar-refractivity contribution in [1.29, 1.82) is 0 Å². The first kappa shape index (κ1) is 18.9. The fourth-order valence-electron chi connectivity index (χ4n) is 3.33. The molecule has 1 saturated heterocycles. The van der Waals surface area contributed by atoms with Crippen LogP contribution in [0.1, 0.15) is 19.7 Å². The van der Waals surface area contributed by atoms with Crippen molar-refractivity contribution in [1.82, 2.24) is 14.9 Å². The van der Waals surface area contributed by atoms with Crippen molar-refractivity contribution in [2.75, 3.05) is 18.8 Å². The molecule has 0 N–H and O–H groups in total. The smallest absolute Gasteiger partial charge is 0.233 e. The first-order chi connectivity index (χ1) is 13.0. The summed E-state index contributed by atoms with van der Waals surface area (Å²) in [6, 6.07) is 4.16. The minimum absolute atomic E-state index is 0.0815. The quantitative estimate of drug-likeness (QED) is 0.462. The lowest BCUT2D eigenvalue weighted by Crippen LogP contribution is -2.48. The Morgan fingerprint density at radius 2 is 2.07 bits per heavy atom. The zero-order valence-corrected chi connectivity index (χ0v) is 17.9. The molecule has 4 rings (SSSR count). The average molecular weight is 420 g/mol. The van der Waals surface area contributed by atoms with Gasteiger partial charge in [-0.2, -0.15) is 0 Å². The molecule has 0 saturated carbocycles. The van der Waals surface area contributed by atoms with Crippen LogP contribution in [0.3, 0.4) is 0 Å². The number of amides is 1. The highest BCUT2D eigenvalue weighted by Gasteiger charge is 2.26. The summed E-state index contributed by atoms with van der Waals surface area (Å²) in [7, 11) is 0. The zero-order valence-electron chi connectivity index (χ0n) is 15.5. The number of aryl methyl sites for hydroxylation is 1. The molecule has 0 radical (unpaired) electrons. The minimum atomic E-state index is 0.0815. The van der Waals surface area contributed by atoms with Gasteiger partial charge in [0.15, 0.2) is 0 Å². The summed E-state index contributed by atoms with van der Waals surface area (Å²) in [5, 5.41) is 6.17. The van der Waals surface area contributed by atoms with E-state index >= 15 is 0 Å². The molecule has 1 amide bonds. The van der Waals surface area contributed by atoms with Crippen molar-refractivity contribution in [3.05, 3.63) is 28.7 Å². The lowest BCUT2D eigenvalue weighted by Gasteiger charge is -2.35. The number of carbonyl (C=O) groups excluding carboxylic acids is 1. The molecule has 0 spiro atoms. The van der Waals surface area contributed by atoms with Crippen LogP contribution >= 0.6 is 34.4 Å². The van der Waals surface area contributed by atoms with E-state index in [0.717, 1.165) is 26.6 Å². The second kappa shape index (κ2) is 7.87. The number of thiophene rings is 2. The van der Waals surface area contributed by atoms with Gasteiger partial charge < -0.3 is 9.64 Å². The highest BCUT2D eigenvalue weighted by atomic mass is 32.2. The maximum atomic E-state index is 12.7. The number of hydrogen-bond acceptors (Lipinski definition) is 7. The van der Waals surface area contributed by atoms with Gasteiger partial charge in [-0.15, -0.1) is 22.7 Å². The number of rotatable bonds is 4. The number of hydrogen-bond donors (Lipinski definition) is 0. The average Bonchev–Trinajstić information content (AvgIpc) is 3.27. The van der Waals surface area contributed by atoms with E-state index in [1.165, 1.54) is 16.6 Å². The molecule has 27 heavy (non-hydrogen) atoms. The zero-order chi connectivity index (χ0) is 19.0. The van der Waals surface area contributed by atoms with Gasteiger partial charge in [-0.25, -0.2) is 9.97 Å². The van der Waals surface area contributed by atoms with E-state index < -0.39 is 0 Å². The van der Waals surface area contributed by atoms with Crippen molar-refractivity contribution < 1.29 is 9.53 Å². The highest BCUT2D eigenvalue weighted by molar-refractivity contribution is 8.00. The van der Waals surface area contributed by atoms with Crippen molar-refractivity contribution >= 4 is 50.6 Å². The number of morpholine rings is 1. The van der Waals surface area contributed by atoms with E-state index in [1.807, 2.05) is 25.7 Å². The van der Waals surface area contributed by atoms with E-state index in [2.05, 4.69) is 32.9 Å². The number of ether oxygens (including phenoxy) is 1. The van der Waals surface area contributed by atoms with Gasteiger partial charge in [-0.3, -0.25) is 4.79 Å². The van der Waals surface area contributed by atoms with Gasteiger partial charge in [0, 0.05) is 28.9 Å². The molecule has 3 aromatic heterocycles. The Morgan fingerprint density at radius 1 is 1.30 bits per heavy atom. The Labute approximate surface area is 170 Å². The molecule has 5 nitrogen and oxygen atoms in total. The van der Waals surface area contributed by atoms with Crippen molar-refractivity contribution in [2.24, 2.45) is 0 Å². The van der Waals surface area contributed by atoms with Crippen LogP contribution < -0.4 is 0 Å². The Balaban J connectivity index is 1.58. The molecule has 4 heterocycles. The van der Waals surface area contributed by atoms with Crippen LogP contribution in [0, 0.1) is 6.92 Å². The van der Waals surface area contributed by atoms with Crippen LogP contribution in [0.25, 0.3) is 20.7 Å². The summed E-state index contributed by atoms with van der Waals surface area (Å²) in [5.74, 6) is 1.26. The van der Waals surface area contributed by atoms with Crippen LogP contribution in [0.2, 0.25) is 0 Å². The number of thioether (sulfide) groups is 1. The third-order valence-electron chi connectivity index (χ3n) is 4.40. The molecule has 3 aromatic rings. The molecule has 0 aromatic carbocycles. The Morgan fingerprint density at radius 3 is 2.78 bits per heavy atom. The molecule has 8 heteroatoms. The maximum absolute atomic E-state index is 12.7. The van der Waals surface area contributed by atoms with Crippen molar-refractivity contribution in [2.45, 2.75) is 38.0 Å². The maximum Gasteiger partial charge on any atom is 0.233 e. The molecule has 0 bridgehead atoms. The third kappa shape index (κ3) is 4.03. The molecule has 2 atom stereocenters. The normalized spacial score (nSPS) is 20.3. The van der Waals surface area contributed by atoms with Crippen LogP contribution in [-0.2, 0) is 9.53 Å². The predicted molar refractivity (Wildman–Crippen MR) is 113 cm³/mol. The van der Waals surface area contributed by atoms with Gasteiger partial charge in [0.05, 0.1) is 23.3 Å². The monoisotopic (exact) mass is 419 g/mol. The third-order valence-corrected chi connectivity index (χ3v) is 7.14. The van der Waals surface area contributed by atoms with Crippen LogP contribution in [0.4, 0.5) is 0 Å². The Hall–Kier alpha value is -1.48. The van der Waals surface area contributed by atoms with Gasteiger partial charge in [0.25, 0.3) is 0 Å². The Kier molecular flexibility index (Phi) is 5.50. The van der Waals surface area contributed by atoms with Gasteiger partial charge in [-0.05, 0) is 32.2 Å². The fraction of sp³-hybridized carbons (Fsp3) is 0.421. The molecular weight excluding hydrogens is 398 g/mol. The van der Waals surface area contributed by atoms with E-state index in [9.17, 15) is 4.79 Å². The lowest BCUT2D eigenvalue weighted by molar-refractivity contribution is -0.140. The number of carbonyl (C=O) groups is 1. The summed E-state index contributed by atoms with van der Waals surface area (Å²) < 4.78 is 5.73. The summed E-state index contributed by atoms with van der Waals surface area (Å²) in [6.07, 6.45) is 0.163. The molecule has 1 fully saturated rings. The van der Waals surface area contributed by atoms with Crippen molar-refractivity contribution in [3.8, 4) is 10.4 Å². The fourth-order valence-corrected chi connectivity index (χ4v) is 6.19. The van der Waals surface area contributed by atoms with E-state index in [1.54, 1.807) is 22.7 Å². The van der Waals surface area contributed by atoms with E-state index in [-0.39, 0.29) is 18.1 Å². The molecule has 1 aliphatic heterocycles. The summed E-state index contributed by atoms with van der Waals surface area (Å²) in [5.41, 5.74) is 1.16. The second-order valence-corrected chi connectivity index (χ2v) is 9.50. The first-order valence-electron chi connectivity index (χ1n) is 8.87. The molecule has 1 aliphatic rings. The minimum Gasteiger partial charge on any atom is -0.372 e. The van der Waals surface area contributed by atoms with E-state index in [0.29, 0.717) is 18.8 Å². The molecule has 142 valence electrons. The topological polar surface area (TPSA) is 55.3 Å². The summed E-state index contributed by atoms with van der Waals surface area (Å²) >= 11 is 4.86. The van der Waals surface area contributed by atoms with Gasteiger partial charge in [-0.1, -0.05) is 17.8 Å². The SMILES string of the molecule is Cc1nc(SCC(=O)N2CC(C)OC(C)C2)c2c(-c3cccs3)csc2n1. The number of nitrogens with zero attached hydrogens (tertiary/aromatic N) is 3. The number of aromatic nitrogens is 2. The van der Waals surface area contributed by atoms with Crippen molar-refractivity contribution in [3.63, 3.8) is 0 Å². The second-order valence-electron chi connectivity index (χ2n) is 6.73. The van der Waals surface area contributed by atoms with Gasteiger partial charge >= 0.3 is 0 Å². The molecular formula is C19H21N3O2S3. The summed E-state index contributed by atoms with van der Waals surface area (Å²) in [4.78, 5) is 26.1. The van der Waals surface area contributed by atoms with Crippen LogP contribution in [0.15, 0.2) is 27.9 Å². The van der Waals surface area contributed by atoms with E-state index in [4.69, 9.17) is 4.74 Å². The summed E-state index contributed by atoms with van der Waals surface area (Å²) in [6.45, 7) is 7.24. The molecule has 2 unspecified atom stereocenters. The highest BCUT2D eigenvalue weighted by Crippen LogP contribution is 2.40. The predicted octanol–water partition coefficient (Wildman–Crippen LogP) is 4.46. The van der Waals surface area contributed by atoms with Gasteiger partial charge in [0.2, 0.25) is 5.91 Å². The largest absolute Gasteiger partial charge is 0.372 e. The number of fused-ring (bicyclic) bond motifs is 1. The standard InChI is InChI=1S/C19H21N3O2S3/c1-11-7-22(8-12(2)24-11)16(23)10-27-19-17-14(15-5-4-6-25-15)9-26-18(17)20-13(3)21-19/h4-6,9,11-12H,7-8,10H2,1-3H3. The Bertz CT molecular complexity index is 945. The molecule has 0 aliphatic carbocycles. The van der Waals surface area contributed by atoms with Crippen LogP contribution in [0.5, 0.6) is 0 Å². The van der Waals surface area contributed by atoms with Gasteiger partial charge in [0.1, 0.15) is 15.7 Å². The first-order valence-corrected chi connectivity index (χ1v) is 11.6. The lowest BCUT2D eigenvalue weighted by atomic mass is 10.2.